The van der Waals surface area contributed by atoms with E-state index < -0.39 is 21.5 Å². The van der Waals surface area contributed by atoms with E-state index in [1.807, 2.05) is 54.6 Å². The topological polar surface area (TPSA) is 91.3 Å². The predicted octanol–water partition coefficient (Wildman–Crippen LogP) is 2.66. The van der Waals surface area contributed by atoms with E-state index in [9.17, 15) is 13.2 Å². The fourth-order valence-electron chi connectivity index (χ4n) is 5.71. The van der Waals surface area contributed by atoms with Crippen LogP contribution in [-0.4, -0.2) is 80.6 Å². The monoisotopic (exact) mass is 544 g/mol. The minimum absolute atomic E-state index is 0.0661. The van der Waals surface area contributed by atoms with Gasteiger partial charge in [-0.2, -0.15) is 0 Å². The Bertz CT molecular complexity index is 1470. The Morgan fingerprint density at radius 2 is 1.59 bits per heavy atom. The van der Waals surface area contributed by atoms with Crippen LogP contribution in [0.2, 0.25) is 0 Å². The van der Waals surface area contributed by atoms with Crippen LogP contribution in [-0.2, 0) is 25.9 Å². The third-order valence-electron chi connectivity index (χ3n) is 7.75. The van der Waals surface area contributed by atoms with Gasteiger partial charge in [-0.05, 0) is 29.8 Å². The molecule has 0 aliphatic carbocycles. The second-order valence-electron chi connectivity index (χ2n) is 10.3. The quantitative estimate of drug-likeness (QED) is 0.492. The highest BCUT2D eigenvalue weighted by Gasteiger charge is 2.57. The average molecular weight is 545 g/mol. The summed E-state index contributed by atoms with van der Waals surface area (Å²) in [6.07, 6.45) is -0.609. The predicted molar refractivity (Wildman–Crippen MR) is 149 cm³/mol. The molecule has 8 nitrogen and oxygen atoms in total. The number of ether oxygens (including phenoxy) is 1. The minimum atomic E-state index is -3.57. The number of sulfone groups is 1. The zero-order valence-electron chi connectivity index (χ0n) is 21.7. The third-order valence-corrected chi connectivity index (χ3v) is 9.46. The lowest BCUT2D eigenvalue weighted by Gasteiger charge is -2.38. The maximum atomic E-state index is 14.6. The van der Waals surface area contributed by atoms with Crippen LogP contribution in [0.3, 0.4) is 0 Å². The molecule has 1 amide bonds. The van der Waals surface area contributed by atoms with E-state index in [2.05, 4.69) is 10.2 Å². The van der Waals surface area contributed by atoms with Crippen molar-refractivity contribution >= 4 is 21.6 Å². The van der Waals surface area contributed by atoms with Crippen LogP contribution in [0.15, 0.2) is 94.8 Å². The molecule has 1 N–H and O–H groups in total. The molecule has 0 aromatic heterocycles. The van der Waals surface area contributed by atoms with Gasteiger partial charge >= 0.3 is 0 Å². The molecule has 202 valence electrons. The number of nitrogens with zero attached hydrogens (tertiary/aromatic N) is 3. The van der Waals surface area contributed by atoms with Gasteiger partial charge in [-0.1, -0.05) is 60.7 Å². The molecule has 6 rings (SSSR count). The standard InChI is InChI=1S/C30H32N4O4S/c35-29-30(22-33-17-15-31-16-18-33)27(38-28(32-30)23-9-3-1-4-10-23)26-14-8-7-11-24(26)21-34(29)19-20-39(36,37)25-12-5-2-6-13-25/h1-14,27,31H,15-22H2/t27-,30-/m0/s1. The number of hydrogen-bond acceptors (Lipinski definition) is 7. The van der Waals surface area contributed by atoms with Crippen molar-refractivity contribution in [3.05, 3.63) is 102 Å². The van der Waals surface area contributed by atoms with Crippen molar-refractivity contribution in [3.8, 4) is 0 Å². The summed E-state index contributed by atoms with van der Waals surface area (Å²) in [5.74, 6) is 0.0733. The Labute approximate surface area is 229 Å². The minimum Gasteiger partial charge on any atom is -0.466 e. The van der Waals surface area contributed by atoms with Gasteiger partial charge in [0.25, 0.3) is 5.91 Å². The van der Waals surface area contributed by atoms with Crippen LogP contribution < -0.4 is 5.32 Å². The van der Waals surface area contributed by atoms with Crippen molar-refractivity contribution in [2.24, 2.45) is 4.99 Å². The third kappa shape index (κ3) is 4.97. The van der Waals surface area contributed by atoms with Crippen molar-refractivity contribution in [2.45, 2.75) is 23.1 Å². The van der Waals surface area contributed by atoms with E-state index in [1.165, 1.54) is 0 Å². The van der Waals surface area contributed by atoms with Gasteiger partial charge in [0, 0.05) is 56.9 Å². The second kappa shape index (κ2) is 10.6. The van der Waals surface area contributed by atoms with Gasteiger partial charge in [-0.3, -0.25) is 9.69 Å². The number of amides is 1. The number of benzene rings is 3. The van der Waals surface area contributed by atoms with Crippen molar-refractivity contribution in [3.63, 3.8) is 0 Å². The zero-order chi connectivity index (χ0) is 26.9. The molecule has 3 aliphatic heterocycles. The van der Waals surface area contributed by atoms with E-state index in [-0.39, 0.29) is 23.1 Å². The molecule has 0 unspecified atom stereocenters. The number of nitrogens with one attached hydrogen (secondary N) is 1. The molecule has 0 bridgehead atoms. The van der Waals surface area contributed by atoms with Crippen LogP contribution in [0.25, 0.3) is 0 Å². The number of carbonyl (C=O) groups is 1. The molecule has 2 atom stereocenters. The smallest absolute Gasteiger partial charge is 0.256 e. The lowest BCUT2D eigenvalue weighted by Crippen LogP contribution is -2.57. The average Bonchev–Trinajstić information content (AvgIpc) is 3.33. The number of piperazine rings is 1. The van der Waals surface area contributed by atoms with Crippen molar-refractivity contribution in [1.82, 2.24) is 15.1 Å². The summed E-state index contributed by atoms with van der Waals surface area (Å²) in [6.45, 7) is 4.02. The molecule has 1 saturated heterocycles. The normalized spacial score (nSPS) is 23.4. The molecule has 3 aliphatic rings. The van der Waals surface area contributed by atoms with Crippen molar-refractivity contribution < 1.29 is 17.9 Å². The van der Waals surface area contributed by atoms with E-state index in [4.69, 9.17) is 9.73 Å². The SMILES string of the molecule is O=C1N(CCS(=O)(=O)c2ccccc2)Cc2ccccc2[C@@H]2OC(c3ccccc3)=N[C@]12CN1CCNCC1. The summed E-state index contributed by atoms with van der Waals surface area (Å²) in [5.41, 5.74) is 1.45. The molecule has 3 aromatic rings. The molecule has 0 saturated carbocycles. The molecule has 3 heterocycles. The summed E-state index contributed by atoms with van der Waals surface area (Å²) in [5, 5.41) is 3.37. The molecule has 0 radical (unpaired) electrons. The second-order valence-corrected chi connectivity index (χ2v) is 12.4. The molecule has 9 heteroatoms. The van der Waals surface area contributed by atoms with E-state index in [1.54, 1.807) is 35.2 Å². The van der Waals surface area contributed by atoms with Gasteiger partial charge in [-0.15, -0.1) is 0 Å². The molecule has 3 aromatic carbocycles. The van der Waals surface area contributed by atoms with Crippen LogP contribution in [0.4, 0.5) is 0 Å². The van der Waals surface area contributed by atoms with Crippen molar-refractivity contribution in [2.75, 3.05) is 45.0 Å². The maximum Gasteiger partial charge on any atom is 0.256 e. The highest BCUT2D eigenvalue weighted by atomic mass is 32.2. The highest BCUT2D eigenvalue weighted by molar-refractivity contribution is 7.91. The van der Waals surface area contributed by atoms with Gasteiger partial charge < -0.3 is 15.0 Å². The summed E-state index contributed by atoms with van der Waals surface area (Å²) < 4.78 is 32.9. The van der Waals surface area contributed by atoms with Gasteiger partial charge in [0.05, 0.1) is 10.6 Å². The number of hydrogen-bond donors (Lipinski definition) is 1. The highest BCUT2D eigenvalue weighted by Crippen LogP contribution is 2.45. The van der Waals surface area contributed by atoms with E-state index >= 15 is 0 Å². The van der Waals surface area contributed by atoms with Crippen LogP contribution >= 0.6 is 0 Å². The lowest BCUT2D eigenvalue weighted by atomic mass is 9.86. The van der Waals surface area contributed by atoms with Gasteiger partial charge in [0.2, 0.25) is 5.90 Å². The fraction of sp³-hybridized carbons (Fsp3) is 0.333. The Hall–Kier alpha value is -3.53. The largest absolute Gasteiger partial charge is 0.466 e. The number of fused-ring (bicyclic) bond motifs is 3. The van der Waals surface area contributed by atoms with Gasteiger partial charge in [-0.25, -0.2) is 13.4 Å². The maximum absolute atomic E-state index is 14.6. The summed E-state index contributed by atoms with van der Waals surface area (Å²) in [4.78, 5) is 23.9. The first kappa shape index (κ1) is 25.7. The Balaban J connectivity index is 1.41. The number of rotatable bonds is 7. The molecule has 39 heavy (non-hydrogen) atoms. The van der Waals surface area contributed by atoms with Crippen LogP contribution in [0.5, 0.6) is 0 Å². The zero-order valence-corrected chi connectivity index (χ0v) is 22.5. The Morgan fingerprint density at radius 1 is 0.923 bits per heavy atom. The summed E-state index contributed by atoms with van der Waals surface area (Å²) in [7, 11) is -3.57. The number of aliphatic imine (C=N–C) groups is 1. The van der Waals surface area contributed by atoms with Crippen LogP contribution in [0, 0.1) is 0 Å². The molecule has 0 spiro atoms. The fourth-order valence-corrected chi connectivity index (χ4v) is 6.98. The van der Waals surface area contributed by atoms with Gasteiger partial charge in [0.1, 0.15) is 0 Å². The van der Waals surface area contributed by atoms with Gasteiger partial charge in [0.15, 0.2) is 21.5 Å². The lowest BCUT2D eigenvalue weighted by molar-refractivity contribution is -0.140. The Morgan fingerprint density at radius 3 is 2.33 bits per heavy atom. The first-order valence-electron chi connectivity index (χ1n) is 13.4. The molecular weight excluding hydrogens is 512 g/mol. The first-order chi connectivity index (χ1) is 19.0. The van der Waals surface area contributed by atoms with Crippen molar-refractivity contribution in [1.29, 1.82) is 0 Å². The first-order valence-corrected chi connectivity index (χ1v) is 15.0. The Kier molecular flexibility index (Phi) is 6.97. The molecular formula is C30H32N4O4S. The summed E-state index contributed by atoms with van der Waals surface area (Å²) >= 11 is 0. The van der Waals surface area contributed by atoms with Crippen LogP contribution in [0.1, 0.15) is 22.8 Å². The summed E-state index contributed by atoms with van der Waals surface area (Å²) in [6, 6.07) is 26.0. The number of carbonyl (C=O) groups excluding carboxylic acids is 1. The molecule has 1 fully saturated rings. The van der Waals surface area contributed by atoms with E-state index in [0.717, 1.165) is 42.9 Å². The van der Waals surface area contributed by atoms with E-state index in [0.29, 0.717) is 19.0 Å².